The fourth-order valence-electron chi connectivity index (χ4n) is 2.12. The summed E-state index contributed by atoms with van der Waals surface area (Å²) < 4.78 is 26.9. The number of hydrogen-bond acceptors (Lipinski definition) is 3. The summed E-state index contributed by atoms with van der Waals surface area (Å²) in [5.74, 6) is -0.375. The normalized spacial score (nSPS) is 11.5. The zero-order chi connectivity index (χ0) is 17.7. The van der Waals surface area contributed by atoms with Gasteiger partial charge in [0, 0.05) is 18.6 Å². The molecule has 0 atom stereocenters. The van der Waals surface area contributed by atoms with Crippen molar-refractivity contribution in [2.45, 2.75) is 18.4 Å². The highest BCUT2D eigenvalue weighted by atomic mass is 35.5. The largest absolute Gasteiger partial charge is 0.358 e. The van der Waals surface area contributed by atoms with E-state index < -0.39 is 10.0 Å². The van der Waals surface area contributed by atoms with E-state index in [2.05, 4.69) is 5.32 Å². The lowest BCUT2D eigenvalue weighted by Gasteiger charge is -2.21. The van der Waals surface area contributed by atoms with E-state index in [9.17, 15) is 13.2 Å². The summed E-state index contributed by atoms with van der Waals surface area (Å²) in [6, 6.07) is 13.4. The maximum atomic E-state index is 12.9. The highest BCUT2D eigenvalue weighted by molar-refractivity contribution is 7.89. The van der Waals surface area contributed by atoms with Gasteiger partial charge in [0.2, 0.25) is 15.9 Å². The van der Waals surface area contributed by atoms with Crippen LogP contribution in [-0.4, -0.2) is 32.2 Å². The molecule has 0 bridgehead atoms. The minimum absolute atomic E-state index is 0.0999. The number of likely N-dealkylation sites (N-methyl/N-ethyl adjacent to an activating group) is 1. The lowest BCUT2D eigenvalue weighted by atomic mass is 10.1. The number of amides is 1. The maximum absolute atomic E-state index is 12.9. The van der Waals surface area contributed by atoms with Gasteiger partial charge < -0.3 is 5.32 Å². The van der Waals surface area contributed by atoms with Crippen molar-refractivity contribution in [2.24, 2.45) is 0 Å². The van der Waals surface area contributed by atoms with E-state index in [1.807, 2.05) is 31.2 Å². The van der Waals surface area contributed by atoms with E-state index in [0.29, 0.717) is 5.02 Å². The van der Waals surface area contributed by atoms with Gasteiger partial charge in [0.25, 0.3) is 0 Å². The zero-order valence-electron chi connectivity index (χ0n) is 13.5. The van der Waals surface area contributed by atoms with Crippen molar-refractivity contribution < 1.29 is 13.2 Å². The number of nitrogens with zero attached hydrogens (tertiary/aromatic N) is 1. The van der Waals surface area contributed by atoms with Crippen molar-refractivity contribution in [2.75, 3.05) is 13.6 Å². The monoisotopic (exact) mass is 366 g/mol. The molecule has 0 fully saturated rings. The summed E-state index contributed by atoms with van der Waals surface area (Å²) in [5.41, 5.74) is 1.89. The maximum Gasteiger partial charge on any atom is 0.243 e. The first-order valence-corrected chi connectivity index (χ1v) is 9.16. The molecule has 2 aromatic carbocycles. The minimum atomic E-state index is -3.82. The average Bonchev–Trinajstić information content (AvgIpc) is 2.56. The van der Waals surface area contributed by atoms with Crippen molar-refractivity contribution in [3.8, 4) is 0 Å². The molecule has 1 N–H and O–H groups in total. The van der Waals surface area contributed by atoms with Crippen LogP contribution in [0.3, 0.4) is 0 Å². The van der Waals surface area contributed by atoms with Gasteiger partial charge in [-0.1, -0.05) is 41.4 Å². The second-order valence-electron chi connectivity index (χ2n) is 5.39. The van der Waals surface area contributed by atoms with Crippen molar-refractivity contribution >= 4 is 27.5 Å². The Hall–Kier alpha value is -1.89. The first-order chi connectivity index (χ1) is 11.3. The molecule has 0 radical (unpaired) electrons. The first-order valence-electron chi connectivity index (χ1n) is 7.35. The van der Waals surface area contributed by atoms with E-state index in [1.165, 1.54) is 31.3 Å². The van der Waals surface area contributed by atoms with Crippen molar-refractivity contribution in [1.82, 2.24) is 9.62 Å². The van der Waals surface area contributed by atoms with Crippen LogP contribution >= 0.6 is 11.6 Å². The Labute approximate surface area is 147 Å². The van der Waals surface area contributed by atoms with E-state index in [0.717, 1.165) is 15.4 Å². The highest BCUT2D eigenvalue weighted by Gasteiger charge is 2.26. The number of carbonyl (C=O) groups is 1. The molecule has 0 heterocycles. The lowest BCUT2D eigenvalue weighted by molar-refractivity contribution is -0.120. The number of sulfonamides is 1. The van der Waals surface area contributed by atoms with Gasteiger partial charge in [-0.25, -0.2) is 8.42 Å². The fourth-order valence-corrected chi connectivity index (χ4v) is 3.63. The second-order valence-corrected chi connectivity index (χ2v) is 7.76. The smallest absolute Gasteiger partial charge is 0.243 e. The quantitative estimate of drug-likeness (QED) is 0.854. The molecule has 0 aliphatic carbocycles. The Morgan fingerprint density at radius 2 is 1.67 bits per heavy atom. The highest BCUT2D eigenvalue weighted by Crippen LogP contribution is 2.20. The Morgan fingerprint density at radius 1 is 1.08 bits per heavy atom. The van der Waals surface area contributed by atoms with Crippen LogP contribution in [-0.2, 0) is 21.4 Å². The van der Waals surface area contributed by atoms with Gasteiger partial charge in [0.05, 0.1) is 11.4 Å². The molecule has 2 rings (SSSR count). The molecule has 128 valence electrons. The summed E-state index contributed by atoms with van der Waals surface area (Å²) in [7, 11) is -2.34. The Bertz CT molecular complexity index is 803. The van der Waals surface area contributed by atoms with Gasteiger partial charge in [-0.2, -0.15) is 4.31 Å². The third kappa shape index (κ3) is 4.56. The summed E-state index contributed by atoms with van der Waals surface area (Å²) in [6.07, 6.45) is 0. The molecule has 0 spiro atoms. The summed E-state index contributed by atoms with van der Waals surface area (Å²) >= 11 is 5.82. The summed E-state index contributed by atoms with van der Waals surface area (Å²) in [5, 5.41) is 2.91. The van der Waals surface area contributed by atoms with Gasteiger partial charge in [0.1, 0.15) is 0 Å². The van der Waals surface area contributed by atoms with Crippen LogP contribution in [0.1, 0.15) is 11.1 Å². The molecule has 0 unspecified atom stereocenters. The lowest BCUT2D eigenvalue weighted by Crippen LogP contribution is -2.39. The zero-order valence-corrected chi connectivity index (χ0v) is 15.1. The van der Waals surface area contributed by atoms with Crippen LogP contribution in [0, 0.1) is 6.92 Å². The van der Waals surface area contributed by atoms with Gasteiger partial charge in [-0.3, -0.25) is 4.79 Å². The van der Waals surface area contributed by atoms with Crippen LogP contribution in [0.2, 0.25) is 5.02 Å². The van der Waals surface area contributed by atoms with Gasteiger partial charge in [-0.05, 0) is 36.8 Å². The number of nitrogens with one attached hydrogen (secondary N) is 1. The first kappa shape index (κ1) is 18.4. The Kier molecular flexibility index (Phi) is 5.99. The van der Waals surface area contributed by atoms with Gasteiger partial charge in [0.15, 0.2) is 0 Å². The van der Waals surface area contributed by atoms with Crippen LogP contribution in [0.5, 0.6) is 0 Å². The molecule has 0 aromatic heterocycles. The van der Waals surface area contributed by atoms with Crippen LogP contribution < -0.4 is 5.32 Å². The molecule has 0 saturated heterocycles. The molecule has 7 heteroatoms. The summed E-state index contributed by atoms with van der Waals surface area (Å²) in [6.45, 7) is 1.81. The van der Waals surface area contributed by atoms with Crippen LogP contribution in [0.25, 0.3) is 0 Å². The van der Waals surface area contributed by atoms with Crippen molar-refractivity contribution in [3.05, 3.63) is 64.7 Å². The topological polar surface area (TPSA) is 66.5 Å². The fraction of sp³-hybridized carbons (Fsp3) is 0.235. The van der Waals surface area contributed by atoms with Crippen molar-refractivity contribution in [3.63, 3.8) is 0 Å². The van der Waals surface area contributed by atoms with E-state index in [-0.39, 0.29) is 23.9 Å². The number of halogens is 1. The molecular formula is C17H19ClN2O3S. The van der Waals surface area contributed by atoms with E-state index in [1.54, 1.807) is 0 Å². The standard InChI is InChI=1S/C17H19ClN2O3S/c1-13-3-5-14(6-4-13)11-20(12-17(21)19-2)24(22,23)16-9-7-15(18)8-10-16/h3-10H,11-12H2,1-2H3,(H,19,21). The van der Waals surface area contributed by atoms with Crippen LogP contribution in [0.4, 0.5) is 0 Å². The predicted molar refractivity (Wildman–Crippen MR) is 94.3 cm³/mol. The number of carbonyl (C=O) groups excluding carboxylic acids is 1. The number of benzene rings is 2. The molecule has 2 aromatic rings. The Balaban J connectivity index is 2.35. The van der Waals surface area contributed by atoms with Gasteiger partial charge in [-0.15, -0.1) is 0 Å². The third-order valence-electron chi connectivity index (χ3n) is 3.53. The second kappa shape index (κ2) is 7.79. The SMILES string of the molecule is CNC(=O)CN(Cc1ccc(C)cc1)S(=O)(=O)c1ccc(Cl)cc1. The van der Waals surface area contributed by atoms with Crippen molar-refractivity contribution in [1.29, 1.82) is 0 Å². The molecular weight excluding hydrogens is 348 g/mol. The average molecular weight is 367 g/mol. The Morgan fingerprint density at radius 3 is 2.21 bits per heavy atom. The van der Waals surface area contributed by atoms with Gasteiger partial charge >= 0.3 is 0 Å². The third-order valence-corrected chi connectivity index (χ3v) is 5.59. The van der Waals surface area contributed by atoms with E-state index in [4.69, 9.17) is 11.6 Å². The molecule has 0 saturated carbocycles. The molecule has 0 aliphatic rings. The minimum Gasteiger partial charge on any atom is -0.358 e. The number of aryl methyl sites for hydroxylation is 1. The molecule has 5 nitrogen and oxygen atoms in total. The van der Waals surface area contributed by atoms with Crippen LogP contribution in [0.15, 0.2) is 53.4 Å². The predicted octanol–water partition coefficient (Wildman–Crippen LogP) is 2.59. The number of hydrogen-bond donors (Lipinski definition) is 1. The number of rotatable bonds is 6. The molecule has 24 heavy (non-hydrogen) atoms. The molecule has 1 amide bonds. The molecule has 0 aliphatic heterocycles. The summed E-state index contributed by atoms with van der Waals surface area (Å²) in [4.78, 5) is 11.9. The van der Waals surface area contributed by atoms with E-state index >= 15 is 0 Å².